The lowest BCUT2D eigenvalue weighted by Gasteiger charge is -2.37. The second-order valence-electron chi connectivity index (χ2n) is 4.03. The van der Waals surface area contributed by atoms with E-state index in [9.17, 15) is 13.2 Å². The van der Waals surface area contributed by atoms with E-state index < -0.39 is 17.6 Å². The monoisotopic (exact) mass is 226 g/mol. The summed E-state index contributed by atoms with van der Waals surface area (Å²) in [6, 6.07) is 0. The Morgan fingerprint density at radius 1 is 1.50 bits per heavy atom. The van der Waals surface area contributed by atoms with Gasteiger partial charge in [-0.2, -0.15) is 13.2 Å². The van der Waals surface area contributed by atoms with Crippen LogP contribution in [0.3, 0.4) is 0 Å². The van der Waals surface area contributed by atoms with Crippen molar-refractivity contribution >= 4 is 17.3 Å². The molecule has 1 aliphatic rings. The third-order valence-electron chi connectivity index (χ3n) is 2.85. The highest BCUT2D eigenvalue weighted by Gasteiger charge is 2.55. The van der Waals surface area contributed by atoms with Gasteiger partial charge in [0.2, 0.25) is 0 Å². The molecule has 0 aliphatic carbocycles. The number of likely N-dealkylation sites (tertiary alicyclic amines) is 1. The molecule has 1 unspecified atom stereocenters. The largest absolute Gasteiger partial charge is 0.394 e. The first kappa shape index (κ1) is 11.6. The molecule has 14 heavy (non-hydrogen) atoms. The van der Waals surface area contributed by atoms with E-state index in [0.717, 1.165) is 0 Å². The zero-order valence-electron chi connectivity index (χ0n) is 8.06. The van der Waals surface area contributed by atoms with Crippen LogP contribution in [0.2, 0.25) is 0 Å². The van der Waals surface area contributed by atoms with Crippen LogP contribution in [0, 0.1) is 5.92 Å². The third kappa shape index (κ3) is 1.80. The number of hydrogen-bond donors (Lipinski definition) is 1. The first-order valence-electron chi connectivity index (χ1n) is 4.31. The zero-order valence-corrected chi connectivity index (χ0v) is 8.87. The van der Waals surface area contributed by atoms with Crippen molar-refractivity contribution in [3.05, 3.63) is 0 Å². The Bertz CT molecular complexity index is 249. The Labute approximate surface area is 86.2 Å². The molecule has 0 aromatic heterocycles. The molecular weight excluding hydrogens is 213 g/mol. The number of thiocarbonyl (C=S) groups is 1. The summed E-state index contributed by atoms with van der Waals surface area (Å²) in [5.74, 6) is -1.35. The summed E-state index contributed by atoms with van der Waals surface area (Å²) in [7, 11) is 0. The Balaban J connectivity index is 2.92. The van der Waals surface area contributed by atoms with Crippen molar-refractivity contribution in [1.82, 2.24) is 4.90 Å². The minimum absolute atomic E-state index is 0.0433. The van der Waals surface area contributed by atoms with Crippen molar-refractivity contribution in [2.45, 2.75) is 32.0 Å². The number of nitrogens with zero attached hydrogens (tertiary/aromatic N) is 1. The van der Waals surface area contributed by atoms with Crippen LogP contribution in [0.25, 0.3) is 0 Å². The van der Waals surface area contributed by atoms with Gasteiger partial charge in [-0.3, -0.25) is 0 Å². The van der Waals surface area contributed by atoms with Crippen molar-refractivity contribution in [3.63, 3.8) is 0 Å². The van der Waals surface area contributed by atoms with Crippen LogP contribution in [0.5, 0.6) is 0 Å². The van der Waals surface area contributed by atoms with Crippen LogP contribution >= 0.6 is 12.2 Å². The van der Waals surface area contributed by atoms with Crippen molar-refractivity contribution in [2.75, 3.05) is 6.54 Å². The summed E-state index contributed by atoms with van der Waals surface area (Å²) in [5.41, 5.74) is 4.35. The Hall–Kier alpha value is -0.520. The number of halogens is 3. The molecule has 0 aromatic carbocycles. The van der Waals surface area contributed by atoms with Crippen molar-refractivity contribution in [1.29, 1.82) is 0 Å². The summed E-state index contributed by atoms with van der Waals surface area (Å²) in [6.45, 7) is 3.33. The van der Waals surface area contributed by atoms with E-state index in [1.807, 2.05) is 0 Å². The molecule has 1 aliphatic heterocycles. The quantitative estimate of drug-likeness (QED) is 0.640. The Kier molecular flexibility index (Phi) is 2.69. The average Bonchev–Trinajstić information content (AvgIpc) is 2.22. The van der Waals surface area contributed by atoms with Gasteiger partial charge < -0.3 is 10.6 Å². The van der Waals surface area contributed by atoms with Crippen LogP contribution in [-0.4, -0.2) is 28.3 Å². The maximum Gasteiger partial charge on any atom is 0.394 e. The minimum Gasteiger partial charge on any atom is -0.376 e. The summed E-state index contributed by atoms with van der Waals surface area (Å²) in [5, 5.41) is 0.0433. The van der Waals surface area contributed by atoms with Gasteiger partial charge in [0.25, 0.3) is 0 Å². The fourth-order valence-electron chi connectivity index (χ4n) is 2.05. The summed E-state index contributed by atoms with van der Waals surface area (Å²) in [4.78, 5) is 1.44. The van der Waals surface area contributed by atoms with Crippen LogP contribution in [0.1, 0.15) is 20.3 Å². The number of nitrogens with two attached hydrogens (primary N) is 1. The predicted octanol–water partition coefficient (Wildman–Crippen LogP) is 1.89. The second kappa shape index (κ2) is 3.25. The summed E-state index contributed by atoms with van der Waals surface area (Å²) in [6.07, 6.45) is -4.11. The van der Waals surface area contributed by atoms with Gasteiger partial charge in [0.1, 0.15) is 0 Å². The lowest BCUT2D eigenvalue weighted by atomic mass is 9.88. The molecule has 1 heterocycles. The highest BCUT2D eigenvalue weighted by Crippen LogP contribution is 2.44. The van der Waals surface area contributed by atoms with Gasteiger partial charge in [-0.25, -0.2) is 0 Å². The minimum atomic E-state index is -4.18. The van der Waals surface area contributed by atoms with Crippen molar-refractivity contribution in [3.8, 4) is 0 Å². The second-order valence-corrected chi connectivity index (χ2v) is 4.44. The third-order valence-corrected chi connectivity index (χ3v) is 3.07. The average molecular weight is 226 g/mol. The first-order valence-corrected chi connectivity index (χ1v) is 4.72. The predicted molar refractivity (Wildman–Crippen MR) is 51.7 cm³/mol. The van der Waals surface area contributed by atoms with Gasteiger partial charge in [-0.05, 0) is 32.5 Å². The molecule has 2 N–H and O–H groups in total. The molecule has 1 fully saturated rings. The van der Waals surface area contributed by atoms with E-state index in [4.69, 9.17) is 18.0 Å². The van der Waals surface area contributed by atoms with Gasteiger partial charge in [0, 0.05) is 12.1 Å². The fraction of sp³-hybridized carbons (Fsp3) is 0.875. The molecule has 0 spiro atoms. The van der Waals surface area contributed by atoms with Gasteiger partial charge in [0.15, 0.2) is 5.11 Å². The van der Waals surface area contributed by atoms with E-state index in [1.165, 1.54) is 18.7 Å². The molecule has 1 rings (SSSR count). The fourth-order valence-corrected chi connectivity index (χ4v) is 2.37. The molecule has 0 bridgehead atoms. The standard InChI is InChI=1S/C8H13F3N2S/c1-7(2)5(8(9,10)11)3-4-13(7)6(12)14/h5H,3-4H2,1-2H3,(H2,12,14). The zero-order chi connectivity index (χ0) is 11.1. The lowest BCUT2D eigenvalue weighted by Crippen LogP contribution is -2.51. The topological polar surface area (TPSA) is 29.3 Å². The highest BCUT2D eigenvalue weighted by molar-refractivity contribution is 7.80. The molecule has 6 heteroatoms. The Morgan fingerprint density at radius 2 is 2.00 bits per heavy atom. The van der Waals surface area contributed by atoms with Crippen LogP contribution in [0.15, 0.2) is 0 Å². The van der Waals surface area contributed by atoms with Crippen molar-refractivity contribution in [2.24, 2.45) is 11.7 Å². The lowest BCUT2D eigenvalue weighted by molar-refractivity contribution is -0.188. The van der Waals surface area contributed by atoms with E-state index >= 15 is 0 Å². The molecule has 82 valence electrons. The van der Waals surface area contributed by atoms with E-state index in [1.54, 1.807) is 0 Å². The summed E-state index contributed by atoms with van der Waals surface area (Å²) >= 11 is 4.72. The molecule has 2 nitrogen and oxygen atoms in total. The summed E-state index contributed by atoms with van der Waals surface area (Å²) < 4.78 is 37.7. The molecular formula is C8H13F3N2S. The molecule has 1 saturated heterocycles. The highest BCUT2D eigenvalue weighted by atomic mass is 32.1. The number of rotatable bonds is 0. The van der Waals surface area contributed by atoms with Gasteiger partial charge in [-0.1, -0.05) is 0 Å². The SMILES string of the molecule is CC1(C)C(C(F)(F)F)CCN1C(N)=S. The van der Waals surface area contributed by atoms with Crippen LogP contribution in [0.4, 0.5) is 13.2 Å². The number of hydrogen-bond acceptors (Lipinski definition) is 1. The van der Waals surface area contributed by atoms with Gasteiger partial charge in [0.05, 0.1) is 5.92 Å². The molecule has 0 saturated carbocycles. The number of alkyl halides is 3. The van der Waals surface area contributed by atoms with E-state index in [2.05, 4.69) is 0 Å². The Morgan fingerprint density at radius 3 is 2.21 bits per heavy atom. The van der Waals surface area contributed by atoms with Crippen LogP contribution in [-0.2, 0) is 0 Å². The van der Waals surface area contributed by atoms with E-state index in [-0.39, 0.29) is 18.1 Å². The van der Waals surface area contributed by atoms with Gasteiger partial charge in [-0.15, -0.1) is 0 Å². The first-order chi connectivity index (χ1) is 6.17. The maximum atomic E-state index is 12.6. The molecule has 0 aromatic rings. The van der Waals surface area contributed by atoms with Crippen LogP contribution < -0.4 is 5.73 Å². The molecule has 0 amide bonds. The maximum absolute atomic E-state index is 12.6. The normalized spacial score (nSPS) is 26.6. The van der Waals surface area contributed by atoms with E-state index in [0.29, 0.717) is 0 Å². The van der Waals surface area contributed by atoms with Gasteiger partial charge >= 0.3 is 6.18 Å². The molecule has 0 radical (unpaired) electrons. The molecule has 1 atom stereocenters. The van der Waals surface area contributed by atoms with Crippen molar-refractivity contribution < 1.29 is 13.2 Å². The smallest absolute Gasteiger partial charge is 0.376 e.